The van der Waals surface area contributed by atoms with E-state index in [0.29, 0.717) is 18.4 Å². The van der Waals surface area contributed by atoms with Gasteiger partial charge in [-0.25, -0.2) is 9.97 Å². The number of hydrogen-bond donors (Lipinski definition) is 1. The standard InChI is InChI=1S/C23H31N3O2/c1-17-5-7-20(8-6-17)23(27)10-3-4-19-15-26(16-21(19)23)14-18-12-24-22(25-13-18)9-11-28-2/h5-8,12-13,19,21,27H,3-4,9-11,14-16H2,1-2H3/t19-,21+,23+/m1/s1. The van der Waals surface area contributed by atoms with Gasteiger partial charge in [0.15, 0.2) is 0 Å². The summed E-state index contributed by atoms with van der Waals surface area (Å²) < 4.78 is 5.09. The Bertz CT molecular complexity index is 777. The molecular formula is C23H31N3O2. The summed E-state index contributed by atoms with van der Waals surface area (Å²) in [6, 6.07) is 8.47. The van der Waals surface area contributed by atoms with Crippen LogP contribution in [0.5, 0.6) is 0 Å². The second kappa shape index (κ2) is 8.27. The highest BCUT2D eigenvalue weighted by Crippen LogP contribution is 2.48. The zero-order valence-corrected chi connectivity index (χ0v) is 17.0. The minimum atomic E-state index is -0.703. The summed E-state index contributed by atoms with van der Waals surface area (Å²) in [5.74, 6) is 1.68. The second-order valence-electron chi connectivity index (χ2n) is 8.49. The normalized spacial score (nSPS) is 27.7. The van der Waals surface area contributed by atoms with Gasteiger partial charge in [-0.1, -0.05) is 29.8 Å². The van der Waals surface area contributed by atoms with Crippen LogP contribution in [0.4, 0.5) is 0 Å². The molecule has 0 unspecified atom stereocenters. The molecule has 5 heteroatoms. The average Bonchev–Trinajstić information content (AvgIpc) is 3.12. The maximum Gasteiger partial charge on any atom is 0.130 e. The summed E-state index contributed by atoms with van der Waals surface area (Å²) in [5.41, 5.74) is 2.76. The van der Waals surface area contributed by atoms with Gasteiger partial charge in [0, 0.05) is 57.0 Å². The van der Waals surface area contributed by atoms with Gasteiger partial charge in [-0.3, -0.25) is 4.90 Å². The first-order chi connectivity index (χ1) is 13.6. The number of likely N-dealkylation sites (tertiary alicyclic amines) is 1. The fourth-order valence-corrected chi connectivity index (χ4v) is 4.99. The number of nitrogens with zero attached hydrogens (tertiary/aromatic N) is 3. The number of fused-ring (bicyclic) bond motifs is 1. The molecule has 1 aliphatic heterocycles. The molecule has 2 heterocycles. The number of rotatable bonds is 6. The Morgan fingerprint density at radius 2 is 1.93 bits per heavy atom. The maximum atomic E-state index is 11.6. The summed E-state index contributed by atoms with van der Waals surface area (Å²) >= 11 is 0. The molecule has 5 nitrogen and oxygen atoms in total. The van der Waals surface area contributed by atoms with Crippen molar-refractivity contribution in [3.63, 3.8) is 0 Å². The van der Waals surface area contributed by atoms with Crippen LogP contribution in [0.1, 0.15) is 41.8 Å². The van der Waals surface area contributed by atoms with Gasteiger partial charge < -0.3 is 9.84 Å². The van der Waals surface area contributed by atoms with Crippen LogP contribution < -0.4 is 0 Å². The number of hydrogen-bond acceptors (Lipinski definition) is 5. The van der Waals surface area contributed by atoms with Crippen molar-refractivity contribution in [2.24, 2.45) is 11.8 Å². The Balaban J connectivity index is 1.44. The largest absolute Gasteiger partial charge is 0.385 e. The molecule has 1 N–H and O–H groups in total. The lowest BCUT2D eigenvalue weighted by molar-refractivity contribution is -0.0648. The van der Waals surface area contributed by atoms with Gasteiger partial charge >= 0.3 is 0 Å². The minimum absolute atomic E-state index is 0.297. The second-order valence-corrected chi connectivity index (χ2v) is 8.49. The van der Waals surface area contributed by atoms with Crippen LogP contribution in [0.25, 0.3) is 0 Å². The Hall–Kier alpha value is -1.82. The molecule has 2 fully saturated rings. The fourth-order valence-electron chi connectivity index (χ4n) is 4.99. The van der Waals surface area contributed by atoms with Crippen molar-refractivity contribution >= 4 is 0 Å². The van der Waals surface area contributed by atoms with Crippen LogP contribution >= 0.6 is 0 Å². The topological polar surface area (TPSA) is 58.5 Å². The van der Waals surface area contributed by atoms with E-state index < -0.39 is 5.60 Å². The van der Waals surface area contributed by atoms with Gasteiger partial charge in [-0.2, -0.15) is 0 Å². The van der Waals surface area contributed by atoms with Crippen LogP contribution in [0.3, 0.4) is 0 Å². The third kappa shape index (κ3) is 3.97. The molecule has 1 saturated carbocycles. The molecule has 28 heavy (non-hydrogen) atoms. The van der Waals surface area contributed by atoms with E-state index in [4.69, 9.17) is 4.74 Å². The predicted octanol–water partition coefficient (Wildman–Crippen LogP) is 3.09. The smallest absolute Gasteiger partial charge is 0.130 e. The highest BCUT2D eigenvalue weighted by molar-refractivity contribution is 5.28. The van der Waals surface area contributed by atoms with Crippen LogP contribution in [0.2, 0.25) is 0 Å². The lowest BCUT2D eigenvalue weighted by Crippen LogP contribution is -2.42. The molecule has 2 aliphatic rings. The Morgan fingerprint density at radius 3 is 2.64 bits per heavy atom. The van der Waals surface area contributed by atoms with E-state index in [-0.39, 0.29) is 0 Å². The number of benzene rings is 1. The highest BCUT2D eigenvalue weighted by Gasteiger charge is 2.49. The molecule has 0 bridgehead atoms. The predicted molar refractivity (Wildman–Crippen MR) is 109 cm³/mol. The van der Waals surface area contributed by atoms with Gasteiger partial charge in [0.1, 0.15) is 5.82 Å². The molecule has 2 aromatic rings. The van der Waals surface area contributed by atoms with Gasteiger partial charge in [0.25, 0.3) is 0 Å². The van der Waals surface area contributed by atoms with Crippen molar-refractivity contribution in [2.45, 2.75) is 44.8 Å². The van der Waals surface area contributed by atoms with Crippen molar-refractivity contribution < 1.29 is 9.84 Å². The van der Waals surface area contributed by atoms with E-state index in [1.165, 1.54) is 12.0 Å². The van der Waals surface area contributed by atoms with E-state index in [2.05, 4.69) is 46.1 Å². The molecule has 1 aromatic carbocycles. The molecule has 3 atom stereocenters. The quantitative estimate of drug-likeness (QED) is 0.833. The Labute approximate surface area is 167 Å². The van der Waals surface area contributed by atoms with Crippen LogP contribution in [0.15, 0.2) is 36.7 Å². The first kappa shape index (κ1) is 19.5. The third-order valence-electron chi connectivity index (χ3n) is 6.51. The molecular weight excluding hydrogens is 350 g/mol. The number of aliphatic hydroxyl groups is 1. The van der Waals surface area contributed by atoms with Crippen LogP contribution in [0, 0.1) is 18.8 Å². The van der Waals surface area contributed by atoms with Crippen molar-refractivity contribution in [3.8, 4) is 0 Å². The molecule has 1 saturated heterocycles. The molecule has 1 aliphatic carbocycles. The summed E-state index contributed by atoms with van der Waals surface area (Å²) in [7, 11) is 1.69. The van der Waals surface area contributed by atoms with Crippen molar-refractivity contribution in [2.75, 3.05) is 26.8 Å². The Kier molecular flexibility index (Phi) is 5.76. The molecule has 150 valence electrons. The lowest BCUT2D eigenvalue weighted by Gasteiger charge is -2.41. The summed E-state index contributed by atoms with van der Waals surface area (Å²) in [6.07, 6.45) is 7.79. The summed E-state index contributed by atoms with van der Waals surface area (Å²) in [5, 5.41) is 11.6. The van der Waals surface area contributed by atoms with Gasteiger partial charge in [-0.05, 0) is 37.7 Å². The van der Waals surface area contributed by atoms with Gasteiger partial charge in [-0.15, -0.1) is 0 Å². The van der Waals surface area contributed by atoms with E-state index in [0.717, 1.165) is 55.8 Å². The SMILES string of the molecule is COCCc1ncc(CN2C[C@H]3CCC[C@](O)(c4ccc(C)cc4)[C@H]3C2)cn1. The van der Waals surface area contributed by atoms with Crippen molar-refractivity contribution in [1.82, 2.24) is 14.9 Å². The van der Waals surface area contributed by atoms with Crippen LogP contribution in [-0.2, 0) is 23.3 Å². The third-order valence-corrected chi connectivity index (χ3v) is 6.51. The molecule has 0 radical (unpaired) electrons. The lowest BCUT2D eigenvalue weighted by atomic mass is 9.67. The maximum absolute atomic E-state index is 11.6. The van der Waals surface area contributed by atoms with Crippen molar-refractivity contribution in [3.05, 3.63) is 59.2 Å². The van der Waals surface area contributed by atoms with Gasteiger partial charge in [0.2, 0.25) is 0 Å². The average molecular weight is 382 g/mol. The van der Waals surface area contributed by atoms with E-state index in [9.17, 15) is 5.11 Å². The molecule has 0 spiro atoms. The number of aryl methyl sites for hydroxylation is 1. The molecule has 1 aromatic heterocycles. The summed E-state index contributed by atoms with van der Waals surface area (Å²) in [4.78, 5) is 11.4. The van der Waals surface area contributed by atoms with E-state index >= 15 is 0 Å². The molecule has 0 amide bonds. The van der Waals surface area contributed by atoms with E-state index in [1.807, 2.05) is 12.4 Å². The highest BCUT2D eigenvalue weighted by atomic mass is 16.5. The Morgan fingerprint density at radius 1 is 1.18 bits per heavy atom. The number of aromatic nitrogens is 2. The van der Waals surface area contributed by atoms with E-state index in [1.54, 1.807) is 7.11 Å². The monoisotopic (exact) mass is 381 g/mol. The zero-order valence-electron chi connectivity index (χ0n) is 17.0. The summed E-state index contributed by atoms with van der Waals surface area (Å²) in [6.45, 7) is 5.57. The number of methoxy groups -OCH3 is 1. The van der Waals surface area contributed by atoms with Gasteiger partial charge in [0.05, 0.1) is 12.2 Å². The zero-order chi connectivity index (χ0) is 19.6. The molecule has 4 rings (SSSR count). The van der Waals surface area contributed by atoms with Crippen LogP contribution in [-0.4, -0.2) is 46.8 Å². The first-order valence-electron chi connectivity index (χ1n) is 10.4. The first-order valence-corrected chi connectivity index (χ1v) is 10.4. The minimum Gasteiger partial charge on any atom is -0.385 e. The van der Waals surface area contributed by atoms with Crippen molar-refractivity contribution in [1.29, 1.82) is 0 Å². The fraction of sp³-hybridized carbons (Fsp3) is 0.565. The number of ether oxygens (including phenoxy) is 1.